The zero-order valence-corrected chi connectivity index (χ0v) is 14.0. The van der Waals surface area contributed by atoms with Crippen molar-refractivity contribution < 1.29 is 4.79 Å². The molecule has 0 aromatic heterocycles. The van der Waals surface area contributed by atoms with Gasteiger partial charge in [-0.1, -0.05) is 42.1 Å². The van der Waals surface area contributed by atoms with E-state index in [1.54, 1.807) is 11.0 Å². The van der Waals surface area contributed by atoms with E-state index < -0.39 is 0 Å². The largest absolute Gasteiger partial charge is 0.338 e. The molecule has 21 heavy (non-hydrogen) atoms. The van der Waals surface area contributed by atoms with Crippen LogP contribution in [0, 0.1) is 0 Å². The molecule has 1 N–H and O–H groups in total. The molecule has 2 unspecified atom stereocenters. The van der Waals surface area contributed by atoms with Crippen molar-refractivity contribution in [1.82, 2.24) is 10.2 Å². The number of nitrogens with zero attached hydrogens (tertiary/aromatic N) is 1. The lowest BCUT2D eigenvalue weighted by Gasteiger charge is -2.29. The molecule has 1 saturated heterocycles. The van der Waals surface area contributed by atoms with Gasteiger partial charge in [0.05, 0.1) is 12.1 Å². The number of rotatable bonds is 3. The van der Waals surface area contributed by atoms with Crippen LogP contribution in [0.1, 0.15) is 44.2 Å². The van der Waals surface area contributed by atoms with E-state index in [2.05, 4.69) is 5.32 Å². The first-order valence-electron chi connectivity index (χ1n) is 7.45. The molecule has 1 amide bonds. The highest BCUT2D eigenvalue weighted by molar-refractivity contribution is 6.35. The highest BCUT2D eigenvalue weighted by Crippen LogP contribution is 2.29. The Labute approximate surface area is 136 Å². The predicted octanol–water partition coefficient (Wildman–Crippen LogP) is 4.05. The topological polar surface area (TPSA) is 32.3 Å². The molecular weight excluding hydrogens is 307 g/mol. The second-order valence-corrected chi connectivity index (χ2v) is 6.49. The van der Waals surface area contributed by atoms with Crippen LogP contribution < -0.4 is 5.32 Å². The second-order valence-electron chi connectivity index (χ2n) is 5.65. The van der Waals surface area contributed by atoms with Crippen LogP contribution in [0.25, 0.3) is 0 Å². The van der Waals surface area contributed by atoms with Gasteiger partial charge in [0.15, 0.2) is 0 Å². The van der Waals surface area contributed by atoms with Crippen molar-refractivity contribution in [2.24, 2.45) is 0 Å². The van der Waals surface area contributed by atoms with Gasteiger partial charge >= 0.3 is 0 Å². The van der Waals surface area contributed by atoms with Gasteiger partial charge in [-0.05, 0) is 44.0 Å². The number of likely N-dealkylation sites (N-methyl/N-ethyl adjacent to an activating group) is 1. The maximum atomic E-state index is 12.6. The summed E-state index contributed by atoms with van der Waals surface area (Å²) in [6, 6.07) is 5.26. The summed E-state index contributed by atoms with van der Waals surface area (Å²) in [4.78, 5) is 14.4. The lowest BCUT2D eigenvalue weighted by atomic mass is 10.0. The van der Waals surface area contributed by atoms with E-state index in [0.717, 1.165) is 31.4 Å². The van der Waals surface area contributed by atoms with Crippen molar-refractivity contribution in [2.45, 2.75) is 44.7 Å². The Morgan fingerprint density at radius 1 is 1.33 bits per heavy atom. The zero-order chi connectivity index (χ0) is 15.4. The van der Waals surface area contributed by atoms with E-state index in [-0.39, 0.29) is 18.0 Å². The molecule has 5 heteroatoms. The number of carbonyl (C=O) groups is 1. The average molecular weight is 329 g/mol. The van der Waals surface area contributed by atoms with Gasteiger partial charge in [-0.2, -0.15) is 0 Å². The van der Waals surface area contributed by atoms with E-state index >= 15 is 0 Å². The summed E-state index contributed by atoms with van der Waals surface area (Å²) in [5, 5.41) is 4.55. The summed E-state index contributed by atoms with van der Waals surface area (Å²) in [5.41, 5.74) is 0.922. The number of hydrogen-bond donors (Lipinski definition) is 1. The molecule has 1 aromatic rings. The van der Waals surface area contributed by atoms with Crippen LogP contribution in [0.15, 0.2) is 18.2 Å². The number of benzene rings is 1. The SMILES string of the molecule is CC(c1ccc(Cl)cc1Cl)N(C)C(=O)C1CCCCCN1. The first kappa shape index (κ1) is 16.6. The number of hydrogen-bond acceptors (Lipinski definition) is 2. The summed E-state index contributed by atoms with van der Waals surface area (Å²) in [5.74, 6) is 0.135. The van der Waals surface area contributed by atoms with Crippen molar-refractivity contribution in [3.63, 3.8) is 0 Å². The second kappa shape index (κ2) is 7.48. The predicted molar refractivity (Wildman–Crippen MR) is 87.9 cm³/mol. The van der Waals surface area contributed by atoms with Gasteiger partial charge in [0.2, 0.25) is 5.91 Å². The normalized spacial score (nSPS) is 20.7. The Bertz CT molecular complexity index is 499. The summed E-state index contributed by atoms with van der Waals surface area (Å²) in [6.45, 7) is 2.91. The molecule has 1 fully saturated rings. The number of nitrogens with one attached hydrogen (secondary N) is 1. The van der Waals surface area contributed by atoms with Crippen LogP contribution in [0.3, 0.4) is 0 Å². The van der Waals surface area contributed by atoms with Crippen molar-refractivity contribution in [1.29, 1.82) is 0 Å². The molecular formula is C16H22Cl2N2O. The standard InChI is InChI=1S/C16H22Cl2N2O/c1-11(13-8-7-12(17)10-14(13)18)20(2)16(21)15-6-4-3-5-9-19-15/h7-8,10-11,15,19H,3-6,9H2,1-2H3. The van der Waals surface area contributed by atoms with Crippen LogP contribution in [0.5, 0.6) is 0 Å². The summed E-state index contributed by atoms with van der Waals surface area (Å²) in [7, 11) is 1.84. The lowest BCUT2D eigenvalue weighted by Crippen LogP contribution is -2.45. The molecule has 116 valence electrons. The summed E-state index contributed by atoms with van der Waals surface area (Å²) < 4.78 is 0. The Morgan fingerprint density at radius 3 is 2.81 bits per heavy atom. The minimum absolute atomic E-state index is 0.0766. The lowest BCUT2D eigenvalue weighted by molar-refractivity contribution is -0.134. The van der Waals surface area contributed by atoms with Crippen molar-refractivity contribution in [3.8, 4) is 0 Å². The van der Waals surface area contributed by atoms with E-state index in [1.165, 1.54) is 6.42 Å². The quantitative estimate of drug-likeness (QED) is 0.907. The Balaban J connectivity index is 2.10. The molecule has 2 rings (SSSR count). The minimum Gasteiger partial charge on any atom is -0.338 e. The molecule has 3 nitrogen and oxygen atoms in total. The molecule has 1 aliphatic heterocycles. The monoisotopic (exact) mass is 328 g/mol. The number of carbonyl (C=O) groups excluding carboxylic acids is 1. The first-order chi connectivity index (χ1) is 10.0. The van der Waals surface area contributed by atoms with E-state index in [9.17, 15) is 4.79 Å². The van der Waals surface area contributed by atoms with Crippen LogP contribution in [-0.4, -0.2) is 30.4 Å². The third-order valence-electron chi connectivity index (χ3n) is 4.20. The van der Waals surface area contributed by atoms with Crippen molar-refractivity contribution in [3.05, 3.63) is 33.8 Å². The maximum Gasteiger partial charge on any atom is 0.239 e. The molecule has 1 aliphatic rings. The molecule has 0 spiro atoms. The van der Waals surface area contributed by atoms with Gasteiger partial charge < -0.3 is 10.2 Å². The molecule has 1 aromatic carbocycles. The third-order valence-corrected chi connectivity index (χ3v) is 4.76. The van der Waals surface area contributed by atoms with Crippen LogP contribution in [-0.2, 0) is 4.79 Å². The molecule has 1 heterocycles. The fourth-order valence-corrected chi connectivity index (χ4v) is 3.29. The van der Waals surface area contributed by atoms with Crippen molar-refractivity contribution >= 4 is 29.1 Å². The van der Waals surface area contributed by atoms with Gasteiger partial charge in [-0.3, -0.25) is 4.79 Å². The maximum absolute atomic E-state index is 12.6. The number of halogens is 2. The van der Waals surface area contributed by atoms with Gasteiger partial charge in [0.25, 0.3) is 0 Å². The van der Waals surface area contributed by atoms with Crippen molar-refractivity contribution in [2.75, 3.05) is 13.6 Å². The molecule has 0 saturated carbocycles. The van der Waals surface area contributed by atoms with Gasteiger partial charge in [0.1, 0.15) is 0 Å². The summed E-state index contributed by atoms with van der Waals surface area (Å²) >= 11 is 12.2. The average Bonchev–Trinajstić information content (AvgIpc) is 2.74. The highest BCUT2D eigenvalue weighted by Gasteiger charge is 2.26. The highest BCUT2D eigenvalue weighted by atomic mass is 35.5. The molecule has 2 atom stereocenters. The smallest absolute Gasteiger partial charge is 0.239 e. The number of amides is 1. The molecule has 0 aliphatic carbocycles. The molecule has 0 radical (unpaired) electrons. The fourth-order valence-electron chi connectivity index (χ4n) is 2.72. The zero-order valence-electron chi connectivity index (χ0n) is 12.5. The Morgan fingerprint density at radius 2 is 2.10 bits per heavy atom. The fraction of sp³-hybridized carbons (Fsp3) is 0.562. The van der Waals surface area contributed by atoms with Crippen LogP contribution in [0.2, 0.25) is 10.0 Å². The summed E-state index contributed by atoms with van der Waals surface area (Å²) in [6.07, 6.45) is 4.35. The third kappa shape index (κ3) is 4.12. The van der Waals surface area contributed by atoms with Gasteiger partial charge in [-0.15, -0.1) is 0 Å². The van der Waals surface area contributed by atoms with Gasteiger partial charge in [-0.25, -0.2) is 0 Å². The van der Waals surface area contributed by atoms with Gasteiger partial charge in [0, 0.05) is 17.1 Å². The minimum atomic E-state index is -0.0778. The Hall–Kier alpha value is -0.770. The van der Waals surface area contributed by atoms with E-state index in [1.807, 2.05) is 26.1 Å². The Kier molecular flexibility index (Phi) is 5.91. The van der Waals surface area contributed by atoms with E-state index in [4.69, 9.17) is 23.2 Å². The molecule has 0 bridgehead atoms. The van der Waals surface area contributed by atoms with Crippen LogP contribution >= 0.6 is 23.2 Å². The van der Waals surface area contributed by atoms with Crippen LogP contribution in [0.4, 0.5) is 0 Å². The first-order valence-corrected chi connectivity index (χ1v) is 8.21. The van der Waals surface area contributed by atoms with E-state index in [0.29, 0.717) is 10.0 Å².